The normalized spacial score (nSPS) is 24.2. The van der Waals surface area contributed by atoms with Gasteiger partial charge in [0.25, 0.3) is 0 Å². The van der Waals surface area contributed by atoms with E-state index in [0.717, 1.165) is 43.9 Å². The van der Waals surface area contributed by atoms with Gasteiger partial charge in [-0.2, -0.15) is 0 Å². The van der Waals surface area contributed by atoms with Gasteiger partial charge >= 0.3 is 11.9 Å². The number of unbranched alkanes of at least 4 members (excludes halogenated alkanes) is 3. The summed E-state index contributed by atoms with van der Waals surface area (Å²) in [4.78, 5) is 21.6. The summed E-state index contributed by atoms with van der Waals surface area (Å²) >= 11 is 0. The minimum Gasteiger partial charge on any atom is -0.508 e. The average Bonchev–Trinajstić information content (AvgIpc) is 2.52. The van der Waals surface area contributed by atoms with Crippen molar-refractivity contribution in [3.05, 3.63) is 47.8 Å². The molecule has 0 saturated heterocycles. The lowest BCUT2D eigenvalue weighted by atomic mass is 9.71. The van der Waals surface area contributed by atoms with Crippen LogP contribution in [0.1, 0.15) is 39.0 Å². The van der Waals surface area contributed by atoms with Crippen LogP contribution in [0.15, 0.2) is 47.8 Å². The Morgan fingerprint density at radius 1 is 1.17 bits per heavy atom. The number of carboxylic acids is 2. The van der Waals surface area contributed by atoms with Crippen molar-refractivity contribution in [1.29, 1.82) is 0 Å². The molecule has 0 bridgehead atoms. The second-order valence-electron chi connectivity index (χ2n) is 5.84. The minimum absolute atomic E-state index is 0.0606. The van der Waals surface area contributed by atoms with Crippen LogP contribution in [0.3, 0.4) is 0 Å². The van der Waals surface area contributed by atoms with Crippen LogP contribution >= 0.6 is 0 Å². The van der Waals surface area contributed by atoms with E-state index in [-0.39, 0.29) is 11.3 Å². The van der Waals surface area contributed by atoms with Crippen LogP contribution in [0.4, 0.5) is 0 Å². The summed E-state index contributed by atoms with van der Waals surface area (Å²) in [5.74, 6) is -2.57. The van der Waals surface area contributed by atoms with Gasteiger partial charge in [0.05, 0.1) is 6.10 Å². The summed E-state index contributed by atoms with van der Waals surface area (Å²) in [5, 5.41) is 38.2. The zero-order valence-corrected chi connectivity index (χ0v) is 13.7. The number of aliphatic hydroxyl groups excluding tert-OH is 2. The SMILES string of the molecule is CCCCCCC1(C=CC(=O)O)C=CC(O)=C(C=CC(=O)O)C1O. The first-order valence-corrected chi connectivity index (χ1v) is 7.96. The van der Waals surface area contributed by atoms with E-state index >= 15 is 0 Å². The molecule has 0 aromatic rings. The molecule has 4 N–H and O–H groups in total. The summed E-state index contributed by atoms with van der Waals surface area (Å²) < 4.78 is 0. The Hall–Kier alpha value is -2.34. The summed E-state index contributed by atoms with van der Waals surface area (Å²) in [6.45, 7) is 2.07. The van der Waals surface area contributed by atoms with Crippen LogP contribution in [0.5, 0.6) is 0 Å². The molecule has 0 amide bonds. The number of hydrogen-bond donors (Lipinski definition) is 4. The zero-order valence-electron chi connectivity index (χ0n) is 13.7. The van der Waals surface area contributed by atoms with E-state index in [4.69, 9.17) is 10.2 Å². The molecular weight excluding hydrogens is 312 g/mol. The zero-order chi connectivity index (χ0) is 18.2. The van der Waals surface area contributed by atoms with E-state index < -0.39 is 23.5 Å². The molecule has 0 radical (unpaired) electrons. The number of rotatable bonds is 9. The lowest BCUT2D eigenvalue weighted by Gasteiger charge is -2.36. The van der Waals surface area contributed by atoms with Crippen LogP contribution in [-0.4, -0.2) is 38.5 Å². The van der Waals surface area contributed by atoms with Crippen LogP contribution in [0.25, 0.3) is 0 Å². The fraction of sp³-hybridized carbons (Fsp3) is 0.444. The lowest BCUT2D eigenvalue weighted by molar-refractivity contribution is -0.132. The van der Waals surface area contributed by atoms with E-state index in [1.54, 1.807) is 6.08 Å². The van der Waals surface area contributed by atoms with E-state index in [1.807, 2.05) is 0 Å². The third-order valence-corrected chi connectivity index (χ3v) is 4.06. The van der Waals surface area contributed by atoms with Gasteiger partial charge in [0, 0.05) is 23.1 Å². The number of aliphatic carboxylic acids is 2. The highest BCUT2D eigenvalue weighted by Gasteiger charge is 2.38. The van der Waals surface area contributed by atoms with Crippen LogP contribution < -0.4 is 0 Å². The van der Waals surface area contributed by atoms with Gasteiger partial charge in [-0.1, -0.05) is 44.8 Å². The highest BCUT2D eigenvalue weighted by Crippen LogP contribution is 2.40. The molecule has 0 heterocycles. The minimum atomic E-state index is -1.23. The lowest BCUT2D eigenvalue weighted by Crippen LogP contribution is -2.36. The molecule has 2 unspecified atom stereocenters. The largest absolute Gasteiger partial charge is 0.508 e. The number of hydrogen-bond acceptors (Lipinski definition) is 4. The van der Waals surface area contributed by atoms with E-state index in [2.05, 4.69) is 6.92 Å². The molecule has 1 aliphatic rings. The van der Waals surface area contributed by atoms with E-state index in [9.17, 15) is 19.8 Å². The van der Waals surface area contributed by atoms with Gasteiger partial charge in [0.1, 0.15) is 5.76 Å². The molecule has 0 aromatic heterocycles. The maximum Gasteiger partial charge on any atom is 0.328 e. The van der Waals surface area contributed by atoms with Crippen LogP contribution in [0.2, 0.25) is 0 Å². The smallest absolute Gasteiger partial charge is 0.328 e. The first-order valence-electron chi connectivity index (χ1n) is 7.96. The van der Waals surface area contributed by atoms with Gasteiger partial charge < -0.3 is 20.4 Å². The fourth-order valence-electron chi connectivity index (χ4n) is 2.72. The van der Waals surface area contributed by atoms with Crippen LogP contribution in [0, 0.1) is 5.41 Å². The van der Waals surface area contributed by atoms with Crippen molar-refractivity contribution in [3.63, 3.8) is 0 Å². The summed E-state index contributed by atoms with van der Waals surface area (Å²) in [5.41, 5.74) is -0.929. The van der Waals surface area contributed by atoms with Gasteiger partial charge in [-0.15, -0.1) is 0 Å². The molecular formula is C18H24O6. The van der Waals surface area contributed by atoms with E-state index in [0.29, 0.717) is 6.42 Å². The molecule has 6 heteroatoms. The highest BCUT2D eigenvalue weighted by molar-refractivity contribution is 5.81. The standard InChI is InChI=1S/C18H24O6/c1-2-3-4-5-10-18(12-9-16(22)23)11-8-14(19)13(17(18)24)6-7-15(20)21/h6-9,11-12,17,19,24H,2-5,10H2,1H3,(H,20,21)(H,22,23). The number of aliphatic hydroxyl groups is 2. The average molecular weight is 336 g/mol. The number of carbonyl (C=O) groups is 2. The Kier molecular flexibility index (Phi) is 7.45. The van der Waals surface area contributed by atoms with Gasteiger partial charge in [0.2, 0.25) is 0 Å². The quantitative estimate of drug-likeness (QED) is 0.380. The molecule has 6 nitrogen and oxygen atoms in total. The van der Waals surface area contributed by atoms with Gasteiger partial charge in [-0.25, -0.2) is 9.59 Å². The molecule has 0 spiro atoms. The first-order chi connectivity index (χ1) is 11.3. The predicted octanol–water partition coefficient (Wildman–Crippen LogP) is 2.97. The number of carboxylic acid groups (broad SMARTS) is 2. The fourth-order valence-corrected chi connectivity index (χ4v) is 2.72. The molecule has 132 valence electrons. The van der Waals surface area contributed by atoms with Crippen LogP contribution in [-0.2, 0) is 9.59 Å². The Balaban J connectivity index is 3.12. The summed E-state index contributed by atoms with van der Waals surface area (Å²) in [6.07, 6.45) is 10.4. The van der Waals surface area contributed by atoms with Crippen molar-refractivity contribution >= 4 is 11.9 Å². The Morgan fingerprint density at radius 3 is 2.42 bits per heavy atom. The maximum atomic E-state index is 10.9. The maximum absolute atomic E-state index is 10.9. The van der Waals surface area contributed by atoms with Gasteiger partial charge in [0.15, 0.2) is 0 Å². The Labute approximate surface area is 141 Å². The molecule has 0 saturated carbocycles. The molecule has 1 aliphatic carbocycles. The van der Waals surface area contributed by atoms with Crippen molar-refractivity contribution in [2.75, 3.05) is 0 Å². The molecule has 0 aliphatic heterocycles. The third-order valence-electron chi connectivity index (χ3n) is 4.06. The van der Waals surface area contributed by atoms with Gasteiger partial charge in [-0.05, 0) is 18.6 Å². The van der Waals surface area contributed by atoms with Crippen molar-refractivity contribution in [2.45, 2.75) is 45.1 Å². The molecule has 1 rings (SSSR count). The van der Waals surface area contributed by atoms with Crippen molar-refractivity contribution in [3.8, 4) is 0 Å². The second kappa shape index (κ2) is 9.08. The molecule has 2 atom stereocenters. The first kappa shape index (κ1) is 19.7. The Morgan fingerprint density at radius 2 is 1.83 bits per heavy atom. The van der Waals surface area contributed by atoms with Crippen molar-refractivity contribution in [2.24, 2.45) is 5.41 Å². The van der Waals surface area contributed by atoms with E-state index in [1.165, 1.54) is 12.2 Å². The summed E-state index contributed by atoms with van der Waals surface area (Å²) in [7, 11) is 0. The highest BCUT2D eigenvalue weighted by atomic mass is 16.4. The monoisotopic (exact) mass is 336 g/mol. The van der Waals surface area contributed by atoms with Crippen molar-refractivity contribution < 1.29 is 30.0 Å². The molecule has 24 heavy (non-hydrogen) atoms. The molecule has 0 fully saturated rings. The summed E-state index contributed by atoms with van der Waals surface area (Å²) in [6, 6.07) is 0. The molecule has 0 aromatic carbocycles. The predicted molar refractivity (Wildman–Crippen MR) is 89.5 cm³/mol. The third kappa shape index (κ3) is 5.38. The van der Waals surface area contributed by atoms with Crippen molar-refractivity contribution in [1.82, 2.24) is 0 Å². The number of allylic oxidation sites excluding steroid dienone is 1. The topological polar surface area (TPSA) is 115 Å². The Bertz CT molecular complexity index is 584. The second-order valence-corrected chi connectivity index (χ2v) is 5.84. The van der Waals surface area contributed by atoms with Gasteiger partial charge in [-0.3, -0.25) is 0 Å².